The van der Waals surface area contributed by atoms with Crippen molar-refractivity contribution in [1.82, 2.24) is 0 Å². The zero-order valence-electron chi connectivity index (χ0n) is 17.1. The number of ketones is 1. The van der Waals surface area contributed by atoms with Crippen molar-refractivity contribution < 1.29 is 13.2 Å². The van der Waals surface area contributed by atoms with Crippen LogP contribution in [0.4, 0.5) is 11.4 Å². The number of carbonyl (C=O) groups excluding carboxylic acids is 1. The van der Waals surface area contributed by atoms with E-state index in [2.05, 4.69) is 5.32 Å². The van der Waals surface area contributed by atoms with Gasteiger partial charge in [0.1, 0.15) is 0 Å². The van der Waals surface area contributed by atoms with Gasteiger partial charge in [-0.1, -0.05) is 59.6 Å². The van der Waals surface area contributed by atoms with Crippen LogP contribution in [0.3, 0.4) is 0 Å². The first-order chi connectivity index (χ1) is 14.8. The number of rotatable bonds is 4. The lowest BCUT2D eigenvalue weighted by Crippen LogP contribution is -2.39. The predicted molar refractivity (Wildman–Crippen MR) is 125 cm³/mol. The molecule has 0 saturated heterocycles. The number of hydrogen-bond donors (Lipinski definition) is 1. The number of fused-ring (bicyclic) bond motifs is 1. The van der Waals surface area contributed by atoms with Crippen molar-refractivity contribution in [2.24, 2.45) is 0 Å². The molecule has 31 heavy (non-hydrogen) atoms. The van der Waals surface area contributed by atoms with Gasteiger partial charge in [0, 0.05) is 22.5 Å². The monoisotopic (exact) mass is 452 g/mol. The molecule has 0 saturated carbocycles. The number of hydrogen-bond acceptors (Lipinski definition) is 4. The first-order valence-electron chi connectivity index (χ1n) is 9.72. The van der Waals surface area contributed by atoms with Crippen LogP contribution in [-0.2, 0) is 16.6 Å². The molecule has 7 heteroatoms. The average Bonchev–Trinajstić information content (AvgIpc) is 2.73. The maximum atomic E-state index is 13.5. The topological polar surface area (TPSA) is 66.5 Å². The Kier molecular flexibility index (Phi) is 5.60. The molecule has 0 atom stereocenters. The van der Waals surface area contributed by atoms with Crippen molar-refractivity contribution in [2.45, 2.75) is 20.4 Å². The molecule has 4 rings (SSSR count). The highest BCUT2D eigenvalue weighted by Crippen LogP contribution is 2.36. The van der Waals surface area contributed by atoms with Crippen molar-refractivity contribution in [3.63, 3.8) is 0 Å². The van der Waals surface area contributed by atoms with Crippen LogP contribution in [-0.4, -0.2) is 14.2 Å². The Balaban J connectivity index is 1.80. The van der Waals surface area contributed by atoms with Crippen LogP contribution in [0.15, 0.2) is 77.8 Å². The van der Waals surface area contributed by atoms with E-state index in [1.54, 1.807) is 36.4 Å². The van der Waals surface area contributed by atoms with Crippen LogP contribution >= 0.6 is 11.6 Å². The van der Waals surface area contributed by atoms with Gasteiger partial charge in [-0.15, -0.1) is 0 Å². The number of para-hydroxylation sites is 1. The minimum atomic E-state index is -4.08. The molecule has 0 spiro atoms. The number of anilines is 2. The summed E-state index contributed by atoms with van der Waals surface area (Å²) in [7, 11) is -4.08. The average molecular weight is 453 g/mol. The summed E-state index contributed by atoms with van der Waals surface area (Å²) in [5, 5.41) is 3.47. The molecule has 1 heterocycles. The summed E-state index contributed by atoms with van der Waals surface area (Å²) >= 11 is 6.06. The molecule has 1 N–H and O–H groups in total. The standard InChI is InChI=1S/C24H21ClN2O3S/c1-16-6-5-7-18(12-16)15-27-22-9-4-3-8-20(22)24(28)23(31(27,29)30)14-26-21-13-19(25)11-10-17(21)2/h3-14,26H,15H2,1-2H3. The van der Waals surface area contributed by atoms with E-state index < -0.39 is 15.8 Å². The number of halogens is 1. The zero-order valence-corrected chi connectivity index (χ0v) is 18.7. The van der Waals surface area contributed by atoms with Crippen molar-refractivity contribution in [3.8, 4) is 0 Å². The fourth-order valence-electron chi connectivity index (χ4n) is 3.56. The molecular formula is C24H21ClN2O3S. The second-order valence-corrected chi connectivity index (χ2v) is 9.73. The summed E-state index contributed by atoms with van der Waals surface area (Å²) in [5.41, 5.74) is 4.10. The summed E-state index contributed by atoms with van der Waals surface area (Å²) < 4.78 is 28.3. The zero-order chi connectivity index (χ0) is 22.2. The fraction of sp³-hybridized carbons (Fsp3) is 0.125. The normalized spacial score (nSPS) is 16.3. The first kappa shape index (κ1) is 21.2. The van der Waals surface area contributed by atoms with Crippen LogP contribution < -0.4 is 9.62 Å². The van der Waals surface area contributed by atoms with E-state index in [0.717, 1.165) is 16.7 Å². The maximum absolute atomic E-state index is 13.5. The quantitative estimate of drug-likeness (QED) is 0.535. The summed E-state index contributed by atoms with van der Waals surface area (Å²) in [4.78, 5) is 12.8. The smallest absolute Gasteiger partial charge is 0.270 e. The van der Waals surface area contributed by atoms with Gasteiger partial charge in [-0.3, -0.25) is 9.10 Å². The minimum absolute atomic E-state index is 0.127. The van der Waals surface area contributed by atoms with Crippen LogP contribution in [0.25, 0.3) is 0 Å². The SMILES string of the molecule is Cc1cccc(CN2c3ccccc3C(=O)C(=CNc3cc(Cl)ccc3C)S2(=O)=O)c1. The molecule has 0 bridgehead atoms. The van der Waals surface area contributed by atoms with Gasteiger partial charge in [-0.25, -0.2) is 8.42 Å². The largest absolute Gasteiger partial charge is 0.360 e. The molecule has 3 aromatic carbocycles. The van der Waals surface area contributed by atoms with Gasteiger partial charge in [-0.2, -0.15) is 0 Å². The van der Waals surface area contributed by atoms with E-state index in [1.807, 2.05) is 44.2 Å². The van der Waals surface area contributed by atoms with Crippen LogP contribution in [0.5, 0.6) is 0 Å². The van der Waals surface area contributed by atoms with Gasteiger partial charge in [0.2, 0.25) is 5.78 Å². The molecular weight excluding hydrogens is 432 g/mol. The van der Waals surface area contributed by atoms with E-state index in [1.165, 1.54) is 10.5 Å². The Morgan fingerprint density at radius 1 is 1.00 bits per heavy atom. The summed E-state index contributed by atoms with van der Waals surface area (Å²) in [6, 6.07) is 19.7. The van der Waals surface area contributed by atoms with E-state index in [-0.39, 0.29) is 11.4 Å². The second-order valence-electron chi connectivity index (χ2n) is 7.46. The second kappa shape index (κ2) is 8.21. The van der Waals surface area contributed by atoms with Gasteiger partial charge >= 0.3 is 0 Å². The number of carbonyl (C=O) groups is 1. The third kappa shape index (κ3) is 4.09. The molecule has 0 radical (unpaired) electrons. The molecule has 0 aromatic heterocycles. The van der Waals surface area contributed by atoms with Crippen LogP contribution in [0.1, 0.15) is 27.0 Å². The first-order valence-corrected chi connectivity index (χ1v) is 11.5. The predicted octanol–water partition coefficient (Wildman–Crippen LogP) is 5.44. The minimum Gasteiger partial charge on any atom is -0.360 e. The third-order valence-corrected chi connectivity index (χ3v) is 7.18. The van der Waals surface area contributed by atoms with Gasteiger partial charge in [0.15, 0.2) is 4.91 Å². The highest BCUT2D eigenvalue weighted by molar-refractivity contribution is 7.97. The lowest BCUT2D eigenvalue weighted by Gasteiger charge is -2.31. The molecule has 0 fully saturated rings. The van der Waals surface area contributed by atoms with Crippen LogP contribution in [0.2, 0.25) is 5.02 Å². The highest BCUT2D eigenvalue weighted by Gasteiger charge is 2.40. The molecule has 158 valence electrons. The van der Waals surface area contributed by atoms with Gasteiger partial charge in [0.25, 0.3) is 10.0 Å². The number of allylic oxidation sites excluding steroid dienone is 1. The Hall–Kier alpha value is -3.09. The number of benzene rings is 3. The number of Topliss-reactive ketones (excluding diaryl/α,β-unsaturated/α-hetero) is 1. The highest BCUT2D eigenvalue weighted by atomic mass is 35.5. The lowest BCUT2D eigenvalue weighted by atomic mass is 10.1. The number of sulfonamides is 1. The maximum Gasteiger partial charge on any atom is 0.270 e. The molecule has 1 aliphatic heterocycles. The molecule has 0 amide bonds. The molecule has 1 aliphatic rings. The van der Waals surface area contributed by atoms with E-state index >= 15 is 0 Å². The molecule has 3 aromatic rings. The number of nitrogens with zero attached hydrogens (tertiary/aromatic N) is 1. The van der Waals surface area contributed by atoms with E-state index in [0.29, 0.717) is 22.0 Å². The van der Waals surface area contributed by atoms with Crippen molar-refractivity contribution in [1.29, 1.82) is 0 Å². The van der Waals surface area contributed by atoms with Crippen molar-refractivity contribution >= 4 is 38.8 Å². The van der Waals surface area contributed by atoms with Gasteiger partial charge in [-0.05, 0) is 49.2 Å². The Bertz CT molecular complexity index is 1320. The van der Waals surface area contributed by atoms with E-state index in [4.69, 9.17) is 11.6 Å². The molecule has 5 nitrogen and oxygen atoms in total. The fourth-order valence-corrected chi connectivity index (χ4v) is 5.26. The number of aryl methyl sites for hydroxylation is 2. The van der Waals surface area contributed by atoms with Gasteiger partial charge in [0.05, 0.1) is 12.2 Å². The Morgan fingerprint density at radius 2 is 1.77 bits per heavy atom. The molecule has 0 unspecified atom stereocenters. The Labute approximate surface area is 187 Å². The van der Waals surface area contributed by atoms with Gasteiger partial charge < -0.3 is 5.32 Å². The summed E-state index contributed by atoms with van der Waals surface area (Å²) in [6.45, 7) is 3.95. The molecule has 0 aliphatic carbocycles. The summed E-state index contributed by atoms with van der Waals surface area (Å²) in [6.07, 6.45) is 1.26. The third-order valence-electron chi connectivity index (χ3n) is 5.18. The lowest BCUT2D eigenvalue weighted by molar-refractivity contribution is 0.104. The summed E-state index contributed by atoms with van der Waals surface area (Å²) in [5.74, 6) is -0.539. The Morgan fingerprint density at radius 3 is 2.55 bits per heavy atom. The number of nitrogens with one attached hydrogen (secondary N) is 1. The van der Waals surface area contributed by atoms with Crippen molar-refractivity contribution in [2.75, 3.05) is 9.62 Å². The van der Waals surface area contributed by atoms with E-state index in [9.17, 15) is 13.2 Å². The van der Waals surface area contributed by atoms with Crippen LogP contribution in [0, 0.1) is 13.8 Å². The van der Waals surface area contributed by atoms with Crippen molar-refractivity contribution in [3.05, 3.63) is 105 Å².